The van der Waals surface area contributed by atoms with Gasteiger partial charge < -0.3 is 5.32 Å². The van der Waals surface area contributed by atoms with E-state index in [1.54, 1.807) is 18.2 Å². The van der Waals surface area contributed by atoms with Crippen LogP contribution in [-0.2, 0) is 16.0 Å². The van der Waals surface area contributed by atoms with Gasteiger partial charge in [-0.1, -0.05) is 29.8 Å². The minimum absolute atomic E-state index is 0.310. The number of hydrogen-bond acceptors (Lipinski definition) is 2. The van der Waals surface area contributed by atoms with Gasteiger partial charge in [-0.05, 0) is 36.2 Å². The van der Waals surface area contributed by atoms with Gasteiger partial charge in [0.1, 0.15) is 23.9 Å². The lowest BCUT2D eigenvalue weighted by Crippen LogP contribution is -2.41. The Bertz CT molecular complexity index is 763. The zero-order valence-electron chi connectivity index (χ0n) is 13.6. The molecular formula is C18H17ClF2N2O2. The van der Waals surface area contributed by atoms with Crippen LogP contribution in [0.2, 0.25) is 5.02 Å². The van der Waals surface area contributed by atoms with Crippen LogP contribution < -0.4 is 10.2 Å². The average molecular weight is 367 g/mol. The van der Waals surface area contributed by atoms with Crippen LogP contribution in [0.1, 0.15) is 12.5 Å². The van der Waals surface area contributed by atoms with Gasteiger partial charge in [-0.3, -0.25) is 14.5 Å². The standard InChI is InChI=1S/C18H17ClF2N2O2/c1-12(24)23(18-15(20)6-3-7-16(18)21)11-17(25)22-9-8-13-4-2-5-14(19)10-13/h2-7,10H,8-9,11H2,1H3,(H,22,25). The highest BCUT2D eigenvalue weighted by atomic mass is 35.5. The molecule has 0 radical (unpaired) electrons. The van der Waals surface area contributed by atoms with E-state index in [1.165, 1.54) is 6.07 Å². The lowest BCUT2D eigenvalue weighted by molar-refractivity contribution is -0.123. The second kappa shape index (κ2) is 8.58. The maximum absolute atomic E-state index is 13.8. The summed E-state index contributed by atoms with van der Waals surface area (Å²) in [7, 11) is 0. The van der Waals surface area contributed by atoms with Crippen LogP contribution >= 0.6 is 11.6 Å². The van der Waals surface area contributed by atoms with Crippen molar-refractivity contribution >= 4 is 29.1 Å². The summed E-state index contributed by atoms with van der Waals surface area (Å²) < 4.78 is 27.7. The van der Waals surface area contributed by atoms with E-state index < -0.39 is 35.7 Å². The fourth-order valence-corrected chi connectivity index (χ4v) is 2.55. The van der Waals surface area contributed by atoms with E-state index in [-0.39, 0.29) is 0 Å². The third-order valence-corrected chi connectivity index (χ3v) is 3.75. The predicted octanol–water partition coefficient (Wildman–Crippen LogP) is 3.33. The molecule has 0 aliphatic carbocycles. The van der Waals surface area contributed by atoms with Gasteiger partial charge in [-0.25, -0.2) is 8.78 Å². The third-order valence-electron chi connectivity index (χ3n) is 3.51. The Balaban J connectivity index is 1.98. The molecule has 132 valence electrons. The molecule has 2 rings (SSSR count). The minimum Gasteiger partial charge on any atom is -0.354 e. The fraction of sp³-hybridized carbons (Fsp3) is 0.222. The smallest absolute Gasteiger partial charge is 0.240 e. The van der Waals surface area contributed by atoms with Crippen LogP contribution in [-0.4, -0.2) is 24.9 Å². The molecule has 0 aromatic heterocycles. The van der Waals surface area contributed by atoms with Gasteiger partial charge in [-0.15, -0.1) is 0 Å². The molecule has 0 bridgehead atoms. The van der Waals surface area contributed by atoms with Gasteiger partial charge in [0.05, 0.1) is 0 Å². The molecule has 2 aromatic rings. The molecule has 0 unspecified atom stereocenters. The largest absolute Gasteiger partial charge is 0.354 e. The summed E-state index contributed by atoms with van der Waals surface area (Å²) in [4.78, 5) is 24.5. The molecule has 0 atom stereocenters. The van der Waals surface area contributed by atoms with Gasteiger partial charge >= 0.3 is 0 Å². The average Bonchev–Trinajstić information content (AvgIpc) is 2.53. The van der Waals surface area contributed by atoms with E-state index in [2.05, 4.69) is 5.32 Å². The molecule has 7 heteroatoms. The van der Waals surface area contributed by atoms with Crippen molar-refractivity contribution in [3.63, 3.8) is 0 Å². The first kappa shape index (κ1) is 18.9. The van der Waals surface area contributed by atoms with E-state index in [9.17, 15) is 18.4 Å². The SMILES string of the molecule is CC(=O)N(CC(=O)NCCc1cccc(Cl)c1)c1c(F)cccc1F. The molecule has 0 heterocycles. The summed E-state index contributed by atoms with van der Waals surface area (Å²) in [5.74, 6) is -2.95. The number of anilines is 1. The van der Waals surface area contributed by atoms with Crippen molar-refractivity contribution in [1.82, 2.24) is 5.32 Å². The molecule has 2 amide bonds. The lowest BCUT2D eigenvalue weighted by Gasteiger charge is -2.21. The summed E-state index contributed by atoms with van der Waals surface area (Å²) in [5.41, 5.74) is 0.413. The highest BCUT2D eigenvalue weighted by molar-refractivity contribution is 6.30. The van der Waals surface area contributed by atoms with Gasteiger partial charge in [0, 0.05) is 18.5 Å². The molecule has 1 N–H and O–H groups in total. The minimum atomic E-state index is -0.901. The van der Waals surface area contributed by atoms with E-state index in [4.69, 9.17) is 11.6 Å². The van der Waals surface area contributed by atoms with Gasteiger partial charge in [-0.2, -0.15) is 0 Å². The number of hydrogen-bond donors (Lipinski definition) is 1. The Morgan fingerprint density at radius 3 is 2.36 bits per heavy atom. The maximum Gasteiger partial charge on any atom is 0.240 e. The van der Waals surface area contributed by atoms with Crippen LogP contribution in [0.25, 0.3) is 0 Å². The van der Waals surface area contributed by atoms with E-state index in [0.29, 0.717) is 18.0 Å². The van der Waals surface area contributed by atoms with E-state index in [1.807, 2.05) is 6.07 Å². The molecule has 0 aliphatic rings. The Hall–Kier alpha value is -2.47. The second-order valence-corrected chi connectivity index (χ2v) is 5.84. The maximum atomic E-state index is 13.8. The highest BCUT2D eigenvalue weighted by Gasteiger charge is 2.22. The van der Waals surface area contributed by atoms with E-state index >= 15 is 0 Å². The molecular weight excluding hydrogens is 350 g/mol. The van der Waals surface area contributed by atoms with Crippen LogP contribution in [0, 0.1) is 11.6 Å². The van der Waals surface area contributed by atoms with Crippen LogP contribution in [0.3, 0.4) is 0 Å². The van der Waals surface area contributed by atoms with Crippen molar-refractivity contribution in [2.75, 3.05) is 18.0 Å². The van der Waals surface area contributed by atoms with Gasteiger partial charge in [0.25, 0.3) is 0 Å². The summed E-state index contributed by atoms with van der Waals surface area (Å²) in [6.45, 7) is 0.985. The number of benzene rings is 2. The monoisotopic (exact) mass is 366 g/mol. The summed E-state index contributed by atoms with van der Waals surface area (Å²) in [6.07, 6.45) is 0.542. The fourth-order valence-electron chi connectivity index (χ4n) is 2.33. The van der Waals surface area contributed by atoms with Crippen molar-refractivity contribution in [2.24, 2.45) is 0 Å². The van der Waals surface area contributed by atoms with Crippen molar-refractivity contribution in [3.05, 3.63) is 64.7 Å². The van der Waals surface area contributed by atoms with Crippen LogP contribution in [0.5, 0.6) is 0 Å². The molecule has 25 heavy (non-hydrogen) atoms. The summed E-state index contributed by atoms with van der Waals surface area (Å²) in [5, 5.41) is 3.22. The highest BCUT2D eigenvalue weighted by Crippen LogP contribution is 2.23. The van der Waals surface area contributed by atoms with Crippen LogP contribution in [0.15, 0.2) is 42.5 Å². The zero-order valence-corrected chi connectivity index (χ0v) is 14.3. The number of carbonyl (C=O) groups excluding carboxylic acids is 2. The third kappa shape index (κ3) is 5.26. The number of halogens is 3. The molecule has 0 saturated carbocycles. The summed E-state index contributed by atoms with van der Waals surface area (Å²) >= 11 is 5.88. The zero-order chi connectivity index (χ0) is 18.4. The number of nitrogens with zero attached hydrogens (tertiary/aromatic N) is 1. The van der Waals surface area contributed by atoms with Crippen molar-refractivity contribution in [2.45, 2.75) is 13.3 Å². The first-order valence-corrected chi connectivity index (χ1v) is 7.99. The predicted molar refractivity (Wildman–Crippen MR) is 92.6 cm³/mol. The van der Waals surface area contributed by atoms with Crippen molar-refractivity contribution in [1.29, 1.82) is 0 Å². The normalized spacial score (nSPS) is 10.4. The number of rotatable bonds is 6. The topological polar surface area (TPSA) is 49.4 Å². The molecule has 0 aliphatic heterocycles. The van der Waals surface area contributed by atoms with Crippen molar-refractivity contribution < 1.29 is 18.4 Å². The van der Waals surface area contributed by atoms with E-state index in [0.717, 1.165) is 29.5 Å². The molecule has 2 aromatic carbocycles. The summed E-state index contributed by atoms with van der Waals surface area (Å²) in [6, 6.07) is 10.5. The van der Waals surface area contributed by atoms with Crippen molar-refractivity contribution in [3.8, 4) is 0 Å². The Kier molecular flexibility index (Phi) is 6.47. The molecule has 0 fully saturated rings. The molecule has 4 nitrogen and oxygen atoms in total. The van der Waals surface area contributed by atoms with Crippen LogP contribution in [0.4, 0.5) is 14.5 Å². The first-order chi connectivity index (χ1) is 11.9. The molecule has 0 saturated heterocycles. The molecule has 0 spiro atoms. The first-order valence-electron chi connectivity index (χ1n) is 7.61. The second-order valence-electron chi connectivity index (χ2n) is 5.41. The number of nitrogens with one attached hydrogen (secondary N) is 1. The Labute approximate surface area is 149 Å². The quantitative estimate of drug-likeness (QED) is 0.852. The number of amides is 2. The lowest BCUT2D eigenvalue weighted by atomic mass is 10.1. The Morgan fingerprint density at radius 1 is 1.12 bits per heavy atom. The van der Waals surface area contributed by atoms with Gasteiger partial charge in [0.2, 0.25) is 11.8 Å². The van der Waals surface area contributed by atoms with Gasteiger partial charge in [0.15, 0.2) is 0 Å². The Morgan fingerprint density at radius 2 is 1.76 bits per heavy atom. The number of carbonyl (C=O) groups is 2. The number of para-hydroxylation sites is 1.